The van der Waals surface area contributed by atoms with Gasteiger partial charge in [-0.2, -0.15) is 0 Å². The molecular formula is C17H29N3. The maximum atomic E-state index is 4.63. The summed E-state index contributed by atoms with van der Waals surface area (Å²) in [5.74, 6) is 0.859. The van der Waals surface area contributed by atoms with Crippen LogP contribution in [0.5, 0.6) is 0 Å². The monoisotopic (exact) mass is 275 g/mol. The lowest BCUT2D eigenvalue weighted by atomic mass is 9.86. The minimum atomic E-state index is 0.328. The molecule has 0 bridgehead atoms. The number of nitrogens with zero attached hydrogens (tertiary/aromatic N) is 2. The van der Waals surface area contributed by atoms with Gasteiger partial charge in [-0.3, -0.25) is 4.98 Å². The van der Waals surface area contributed by atoms with Gasteiger partial charge < -0.3 is 10.2 Å². The molecule has 20 heavy (non-hydrogen) atoms. The molecule has 1 heterocycles. The number of rotatable bonds is 5. The Kier molecular flexibility index (Phi) is 5.41. The molecule has 1 aromatic rings. The molecule has 0 radical (unpaired) electrons. The summed E-state index contributed by atoms with van der Waals surface area (Å²) in [7, 11) is 2.22. The van der Waals surface area contributed by atoms with Gasteiger partial charge in [0.05, 0.1) is 17.6 Å². The topological polar surface area (TPSA) is 28.2 Å². The molecule has 1 aromatic heterocycles. The van der Waals surface area contributed by atoms with Gasteiger partial charge in [0.15, 0.2) is 0 Å². The molecular weight excluding hydrogens is 246 g/mol. The van der Waals surface area contributed by atoms with Gasteiger partial charge in [0.25, 0.3) is 0 Å². The average Bonchev–Trinajstić information content (AvgIpc) is 2.47. The maximum absolute atomic E-state index is 4.63. The smallest absolute Gasteiger partial charge is 0.0572 e. The quantitative estimate of drug-likeness (QED) is 0.886. The number of anilines is 1. The van der Waals surface area contributed by atoms with Gasteiger partial charge in [-0.15, -0.1) is 0 Å². The van der Waals surface area contributed by atoms with Crippen molar-refractivity contribution in [2.75, 3.05) is 18.5 Å². The highest BCUT2D eigenvalue weighted by atomic mass is 15.1. The van der Waals surface area contributed by atoms with Crippen LogP contribution >= 0.6 is 0 Å². The molecule has 0 saturated heterocycles. The van der Waals surface area contributed by atoms with Crippen LogP contribution in [0.25, 0.3) is 0 Å². The molecule has 2 rings (SSSR count). The second-order valence-corrected chi connectivity index (χ2v) is 6.26. The fraction of sp³-hybridized carbons (Fsp3) is 0.706. The zero-order valence-corrected chi connectivity index (χ0v) is 13.4. The first-order chi connectivity index (χ1) is 9.61. The second kappa shape index (κ2) is 7.07. The second-order valence-electron chi connectivity index (χ2n) is 6.26. The van der Waals surface area contributed by atoms with Gasteiger partial charge in [-0.25, -0.2) is 0 Å². The third-order valence-electron chi connectivity index (χ3n) is 4.59. The van der Waals surface area contributed by atoms with Crippen molar-refractivity contribution in [2.45, 2.75) is 58.5 Å². The van der Waals surface area contributed by atoms with Crippen LogP contribution in [0.3, 0.4) is 0 Å². The van der Waals surface area contributed by atoms with Crippen LogP contribution in [0.2, 0.25) is 0 Å². The maximum Gasteiger partial charge on any atom is 0.0572 e. The van der Waals surface area contributed by atoms with Gasteiger partial charge in [-0.05, 0) is 44.4 Å². The van der Waals surface area contributed by atoms with Crippen molar-refractivity contribution in [3.05, 3.63) is 24.0 Å². The Bertz CT molecular complexity index is 401. The number of hydrogen-bond acceptors (Lipinski definition) is 3. The minimum Gasteiger partial charge on any atom is -0.370 e. The standard InChI is InChI=1S/C17H29N3/c1-5-18-14(3)17-10-9-16(12-19-17)20(4)15-8-6-7-13(2)11-15/h9-10,12-15,18H,5-8,11H2,1-4H3. The number of pyridine rings is 1. The third-order valence-corrected chi connectivity index (χ3v) is 4.59. The van der Waals surface area contributed by atoms with Crippen LogP contribution in [0.15, 0.2) is 18.3 Å². The van der Waals surface area contributed by atoms with Crippen LogP contribution in [0.1, 0.15) is 58.2 Å². The van der Waals surface area contributed by atoms with E-state index in [1.807, 2.05) is 6.20 Å². The van der Waals surface area contributed by atoms with E-state index in [4.69, 9.17) is 0 Å². The van der Waals surface area contributed by atoms with E-state index in [9.17, 15) is 0 Å². The Labute approximate surface area is 123 Å². The Morgan fingerprint density at radius 1 is 1.40 bits per heavy atom. The fourth-order valence-electron chi connectivity index (χ4n) is 3.24. The van der Waals surface area contributed by atoms with Crippen molar-refractivity contribution in [3.8, 4) is 0 Å². The Hall–Kier alpha value is -1.09. The molecule has 112 valence electrons. The molecule has 3 atom stereocenters. The normalized spacial score (nSPS) is 24.4. The predicted molar refractivity (Wildman–Crippen MR) is 86.2 cm³/mol. The molecule has 0 aliphatic heterocycles. The summed E-state index contributed by atoms with van der Waals surface area (Å²) in [5, 5.41) is 3.40. The van der Waals surface area contributed by atoms with Gasteiger partial charge in [0.1, 0.15) is 0 Å². The predicted octanol–water partition coefficient (Wildman–Crippen LogP) is 3.77. The summed E-state index contributed by atoms with van der Waals surface area (Å²) in [6.45, 7) is 7.64. The van der Waals surface area contributed by atoms with E-state index < -0.39 is 0 Å². The number of aromatic nitrogens is 1. The van der Waals surface area contributed by atoms with E-state index in [2.05, 4.69) is 55.2 Å². The van der Waals surface area contributed by atoms with Crippen molar-refractivity contribution in [1.29, 1.82) is 0 Å². The summed E-state index contributed by atoms with van der Waals surface area (Å²) >= 11 is 0. The van der Waals surface area contributed by atoms with Crippen LogP contribution in [0, 0.1) is 5.92 Å². The van der Waals surface area contributed by atoms with Gasteiger partial charge in [-0.1, -0.05) is 26.7 Å². The molecule has 0 aromatic carbocycles. The first-order valence-corrected chi connectivity index (χ1v) is 8.04. The zero-order chi connectivity index (χ0) is 14.5. The molecule has 0 amide bonds. The highest BCUT2D eigenvalue weighted by molar-refractivity contribution is 5.45. The third kappa shape index (κ3) is 3.72. The molecule has 3 unspecified atom stereocenters. The zero-order valence-electron chi connectivity index (χ0n) is 13.4. The van der Waals surface area contributed by atoms with E-state index in [1.54, 1.807) is 0 Å². The van der Waals surface area contributed by atoms with Crippen molar-refractivity contribution in [3.63, 3.8) is 0 Å². The summed E-state index contributed by atoms with van der Waals surface area (Å²) in [6.07, 6.45) is 7.41. The molecule has 1 aliphatic carbocycles. The van der Waals surface area contributed by atoms with E-state index >= 15 is 0 Å². The van der Waals surface area contributed by atoms with Crippen LogP contribution < -0.4 is 10.2 Å². The summed E-state index contributed by atoms with van der Waals surface area (Å²) in [6, 6.07) is 5.38. The van der Waals surface area contributed by atoms with E-state index in [1.165, 1.54) is 31.4 Å². The molecule has 1 aliphatic rings. The van der Waals surface area contributed by atoms with Crippen LogP contribution in [-0.4, -0.2) is 24.6 Å². The lowest BCUT2D eigenvalue weighted by Gasteiger charge is -2.35. The highest BCUT2D eigenvalue weighted by Crippen LogP contribution is 2.29. The van der Waals surface area contributed by atoms with Crippen LogP contribution in [-0.2, 0) is 0 Å². The SMILES string of the molecule is CCNC(C)c1ccc(N(C)C2CCCC(C)C2)cn1. The van der Waals surface area contributed by atoms with Crippen molar-refractivity contribution in [1.82, 2.24) is 10.3 Å². The largest absolute Gasteiger partial charge is 0.370 e. The molecule has 1 N–H and O–H groups in total. The fourth-order valence-corrected chi connectivity index (χ4v) is 3.24. The molecule has 1 saturated carbocycles. The van der Waals surface area contributed by atoms with Crippen LogP contribution in [0.4, 0.5) is 5.69 Å². The van der Waals surface area contributed by atoms with Gasteiger partial charge in [0, 0.05) is 19.1 Å². The van der Waals surface area contributed by atoms with Crippen molar-refractivity contribution in [2.24, 2.45) is 5.92 Å². The van der Waals surface area contributed by atoms with Crippen molar-refractivity contribution < 1.29 is 0 Å². The molecule has 1 fully saturated rings. The lowest BCUT2D eigenvalue weighted by molar-refractivity contribution is 0.336. The number of nitrogens with one attached hydrogen (secondary N) is 1. The Balaban J connectivity index is 2.01. The molecule has 3 heteroatoms. The first kappa shape index (κ1) is 15.3. The number of hydrogen-bond donors (Lipinski definition) is 1. The molecule has 0 spiro atoms. The first-order valence-electron chi connectivity index (χ1n) is 8.04. The average molecular weight is 275 g/mol. The Morgan fingerprint density at radius 2 is 2.20 bits per heavy atom. The summed E-state index contributed by atoms with van der Waals surface area (Å²) in [4.78, 5) is 7.05. The van der Waals surface area contributed by atoms with Gasteiger partial charge >= 0.3 is 0 Å². The lowest BCUT2D eigenvalue weighted by Crippen LogP contribution is -2.35. The van der Waals surface area contributed by atoms with E-state index in [-0.39, 0.29) is 0 Å². The minimum absolute atomic E-state index is 0.328. The highest BCUT2D eigenvalue weighted by Gasteiger charge is 2.22. The van der Waals surface area contributed by atoms with Crippen molar-refractivity contribution >= 4 is 5.69 Å². The Morgan fingerprint density at radius 3 is 2.80 bits per heavy atom. The molecule has 3 nitrogen and oxygen atoms in total. The van der Waals surface area contributed by atoms with Gasteiger partial charge in [0.2, 0.25) is 0 Å². The van der Waals surface area contributed by atoms with E-state index in [0.717, 1.165) is 18.2 Å². The van der Waals surface area contributed by atoms with E-state index in [0.29, 0.717) is 12.1 Å². The summed E-state index contributed by atoms with van der Waals surface area (Å²) in [5.41, 5.74) is 2.37. The summed E-state index contributed by atoms with van der Waals surface area (Å²) < 4.78 is 0.